The lowest BCUT2D eigenvalue weighted by Crippen LogP contribution is -2.35. The highest BCUT2D eigenvalue weighted by molar-refractivity contribution is 7.76. The Labute approximate surface area is 221 Å². The number of fused-ring (bicyclic) bond motifs is 3. The molecule has 5 aromatic rings. The fraction of sp³-hybridized carbons (Fsp3) is 0.0625. The zero-order valence-corrected chi connectivity index (χ0v) is 21.3. The summed E-state index contributed by atoms with van der Waals surface area (Å²) < 4.78 is 20.7. The second-order valence-electron chi connectivity index (χ2n) is 9.05. The van der Waals surface area contributed by atoms with Gasteiger partial charge in [-0.25, -0.2) is 5.09 Å². The maximum Gasteiger partial charge on any atom is 0.205 e. The van der Waals surface area contributed by atoms with Crippen LogP contribution in [-0.2, 0) is 4.57 Å². The van der Waals surface area contributed by atoms with Crippen LogP contribution in [-0.4, -0.2) is 11.8 Å². The highest BCUT2D eigenvalue weighted by atomic mass is 31.2. The van der Waals surface area contributed by atoms with Crippen LogP contribution in [0.5, 0.6) is 0 Å². The van der Waals surface area contributed by atoms with Gasteiger partial charge in [0.15, 0.2) is 6.04 Å². The van der Waals surface area contributed by atoms with Crippen LogP contribution in [0.15, 0.2) is 137 Å². The number of benzene rings is 4. The summed E-state index contributed by atoms with van der Waals surface area (Å²) in [6.45, 7) is 0. The van der Waals surface area contributed by atoms with Crippen LogP contribution >= 0.6 is 7.29 Å². The lowest BCUT2D eigenvalue weighted by atomic mass is 10.1. The monoisotopic (exact) mass is 513 g/mol. The number of nitrogens with one attached hydrogen (secondary N) is 1. The van der Waals surface area contributed by atoms with Crippen molar-refractivity contribution in [3.05, 3.63) is 144 Å². The molecule has 1 heterocycles. The molecule has 0 amide bonds. The molecule has 0 saturated carbocycles. The molecule has 1 N–H and O–H groups in total. The molecule has 1 aliphatic rings. The fourth-order valence-electron chi connectivity index (χ4n) is 4.98. The molecule has 6 heteroatoms. The van der Waals surface area contributed by atoms with Crippen molar-refractivity contribution in [2.75, 3.05) is 0 Å². The molecule has 0 aliphatic heterocycles. The Hall–Kier alpha value is -4.49. The van der Waals surface area contributed by atoms with Crippen LogP contribution in [0, 0.1) is 11.3 Å². The Bertz CT molecular complexity index is 1600. The molecule has 5 nitrogen and oxygen atoms in total. The van der Waals surface area contributed by atoms with E-state index in [0.717, 1.165) is 28.0 Å². The number of furan rings is 1. The van der Waals surface area contributed by atoms with Gasteiger partial charge < -0.3 is 4.42 Å². The summed E-state index contributed by atoms with van der Waals surface area (Å²) in [6, 6.07) is 39.0. The van der Waals surface area contributed by atoms with Crippen molar-refractivity contribution >= 4 is 23.6 Å². The van der Waals surface area contributed by atoms with Gasteiger partial charge >= 0.3 is 0 Å². The smallest absolute Gasteiger partial charge is 0.205 e. The quantitative estimate of drug-likeness (QED) is 0.256. The van der Waals surface area contributed by atoms with Crippen molar-refractivity contribution in [1.29, 1.82) is 5.26 Å². The maximum atomic E-state index is 14.9. The van der Waals surface area contributed by atoms with E-state index in [1.807, 2.05) is 97.1 Å². The van der Waals surface area contributed by atoms with Crippen LogP contribution in [0.25, 0.3) is 11.1 Å². The minimum Gasteiger partial charge on any atom is -0.468 e. The van der Waals surface area contributed by atoms with Crippen LogP contribution in [0.3, 0.4) is 0 Å². The summed E-state index contributed by atoms with van der Waals surface area (Å²) in [4.78, 5) is 5.02. The molecule has 4 aromatic carbocycles. The molecule has 0 saturated heterocycles. The lowest BCUT2D eigenvalue weighted by molar-refractivity contribution is 0.429. The Morgan fingerprint density at radius 3 is 1.66 bits per heavy atom. The molecule has 0 radical (unpaired) electrons. The van der Waals surface area contributed by atoms with Crippen LogP contribution in [0.2, 0.25) is 0 Å². The summed E-state index contributed by atoms with van der Waals surface area (Å²) in [5.41, 5.74) is 4.86. The first kappa shape index (κ1) is 23.9. The Morgan fingerprint density at radius 2 is 1.18 bits per heavy atom. The summed E-state index contributed by atoms with van der Waals surface area (Å²) in [5, 5.41) is 15.1. The Kier molecular flexibility index (Phi) is 6.35. The predicted octanol–water partition coefficient (Wildman–Crippen LogP) is 6.25. The van der Waals surface area contributed by atoms with E-state index >= 15 is 0 Å². The van der Waals surface area contributed by atoms with Gasteiger partial charge in [0.1, 0.15) is 11.8 Å². The summed E-state index contributed by atoms with van der Waals surface area (Å²) >= 11 is 0. The standard InChI is InChI=1S/C32H24N3O2P/c33-22-29(34-31-27-18-9-7-16-25(27)26-17-8-10-19-28(26)31)32(30-20-11-21-37-30)35-38(36,23-12-3-1-4-13-23)24-14-5-2-6-15-24/h1-21,29,32H,(H,35,36)/t29-,32+/m1/s1. The van der Waals surface area contributed by atoms with E-state index in [0.29, 0.717) is 16.4 Å². The van der Waals surface area contributed by atoms with E-state index in [-0.39, 0.29) is 0 Å². The summed E-state index contributed by atoms with van der Waals surface area (Å²) in [7, 11) is -3.40. The first-order valence-electron chi connectivity index (χ1n) is 12.4. The minimum atomic E-state index is -3.40. The third-order valence-electron chi connectivity index (χ3n) is 6.78. The van der Waals surface area contributed by atoms with Gasteiger partial charge in [-0.15, -0.1) is 0 Å². The van der Waals surface area contributed by atoms with Gasteiger partial charge in [-0.05, 0) is 47.5 Å². The average molecular weight is 514 g/mol. The van der Waals surface area contributed by atoms with Crippen molar-refractivity contribution in [1.82, 2.24) is 5.09 Å². The van der Waals surface area contributed by atoms with Crippen molar-refractivity contribution in [3.8, 4) is 17.2 Å². The highest BCUT2D eigenvalue weighted by Gasteiger charge is 2.37. The van der Waals surface area contributed by atoms with E-state index < -0.39 is 19.4 Å². The third kappa shape index (κ3) is 4.21. The van der Waals surface area contributed by atoms with Gasteiger partial charge in [-0.1, -0.05) is 84.9 Å². The molecule has 0 unspecified atom stereocenters. The van der Waals surface area contributed by atoms with E-state index in [1.54, 1.807) is 18.4 Å². The topological polar surface area (TPSA) is 78.4 Å². The van der Waals surface area contributed by atoms with Gasteiger partial charge in [0.25, 0.3) is 0 Å². The van der Waals surface area contributed by atoms with Gasteiger partial charge in [-0.2, -0.15) is 5.26 Å². The number of nitriles is 1. The first-order chi connectivity index (χ1) is 18.7. The molecule has 1 aliphatic carbocycles. The first-order valence-corrected chi connectivity index (χ1v) is 14.1. The molecule has 6 rings (SSSR count). The lowest BCUT2D eigenvalue weighted by Gasteiger charge is -2.27. The zero-order valence-electron chi connectivity index (χ0n) is 20.4. The normalized spacial score (nSPS) is 13.7. The number of hydrogen-bond acceptors (Lipinski definition) is 4. The van der Waals surface area contributed by atoms with Crippen LogP contribution < -0.4 is 15.7 Å². The van der Waals surface area contributed by atoms with E-state index in [4.69, 9.17) is 9.41 Å². The molecule has 184 valence electrons. The summed E-state index contributed by atoms with van der Waals surface area (Å²) in [5.74, 6) is 0.493. The second kappa shape index (κ2) is 10.1. The van der Waals surface area contributed by atoms with Gasteiger partial charge in [0, 0.05) is 21.7 Å². The van der Waals surface area contributed by atoms with Gasteiger partial charge in [0.05, 0.1) is 18.0 Å². The van der Waals surface area contributed by atoms with Crippen molar-refractivity contribution in [3.63, 3.8) is 0 Å². The number of aliphatic imine (C=N–C) groups is 1. The molecule has 0 fully saturated rings. The van der Waals surface area contributed by atoms with Crippen LogP contribution in [0.4, 0.5) is 0 Å². The number of hydrogen-bond donors (Lipinski definition) is 1. The largest absolute Gasteiger partial charge is 0.468 e. The molecule has 38 heavy (non-hydrogen) atoms. The Morgan fingerprint density at radius 1 is 0.684 bits per heavy atom. The van der Waals surface area contributed by atoms with Crippen molar-refractivity contribution in [2.24, 2.45) is 4.99 Å². The molecule has 2 atom stereocenters. The highest BCUT2D eigenvalue weighted by Crippen LogP contribution is 2.44. The Balaban J connectivity index is 1.49. The van der Waals surface area contributed by atoms with E-state index in [2.05, 4.69) is 23.3 Å². The molecule has 0 spiro atoms. The molecular weight excluding hydrogens is 489 g/mol. The third-order valence-corrected chi connectivity index (χ3v) is 9.47. The fourth-order valence-corrected chi connectivity index (χ4v) is 7.42. The average Bonchev–Trinajstić information content (AvgIpc) is 3.63. The number of rotatable bonds is 7. The zero-order chi connectivity index (χ0) is 26.0. The second-order valence-corrected chi connectivity index (χ2v) is 11.6. The molecular formula is C32H24N3O2P. The van der Waals surface area contributed by atoms with Crippen molar-refractivity contribution < 1.29 is 8.98 Å². The minimum absolute atomic E-state index is 0.493. The van der Waals surface area contributed by atoms with E-state index in [9.17, 15) is 9.83 Å². The van der Waals surface area contributed by atoms with Crippen molar-refractivity contribution in [2.45, 2.75) is 12.1 Å². The van der Waals surface area contributed by atoms with Gasteiger partial charge in [0.2, 0.25) is 7.29 Å². The van der Waals surface area contributed by atoms with E-state index in [1.165, 1.54) is 0 Å². The number of nitrogens with zero attached hydrogens (tertiary/aromatic N) is 2. The summed E-state index contributed by atoms with van der Waals surface area (Å²) in [6.07, 6.45) is 1.56. The maximum absolute atomic E-state index is 14.9. The SMILES string of the molecule is N#C[C@@H](N=C1c2ccccc2-c2ccccc21)[C@H](NP(=O)(c1ccccc1)c1ccccc1)c1ccco1. The molecule has 0 bridgehead atoms. The molecule has 1 aromatic heterocycles. The van der Waals surface area contributed by atoms with Gasteiger partial charge in [-0.3, -0.25) is 9.56 Å². The van der Waals surface area contributed by atoms with Crippen LogP contribution in [0.1, 0.15) is 22.9 Å². The predicted molar refractivity (Wildman–Crippen MR) is 151 cm³/mol.